The number of H-pyrrole nitrogens is 1. The second kappa shape index (κ2) is 9.00. The Balaban J connectivity index is 1.31. The van der Waals surface area contributed by atoms with Crippen LogP contribution in [0.2, 0.25) is 0 Å². The van der Waals surface area contributed by atoms with Gasteiger partial charge in [-0.3, -0.25) is 9.69 Å². The van der Waals surface area contributed by atoms with Gasteiger partial charge >= 0.3 is 0 Å². The smallest absolute Gasteiger partial charge is 0.246 e. The number of carbonyl (C=O) groups is 1. The molecule has 0 bridgehead atoms. The number of para-hydroxylation sites is 2. The molecule has 7 nitrogen and oxygen atoms in total. The van der Waals surface area contributed by atoms with Gasteiger partial charge in [0, 0.05) is 32.3 Å². The van der Waals surface area contributed by atoms with E-state index in [-0.39, 0.29) is 5.91 Å². The van der Waals surface area contributed by atoms with E-state index >= 15 is 0 Å². The number of hydrogen-bond acceptors (Lipinski definition) is 5. The average molecular weight is 406 g/mol. The van der Waals surface area contributed by atoms with Crippen LogP contribution in [0.25, 0.3) is 17.1 Å². The van der Waals surface area contributed by atoms with Gasteiger partial charge in [-0.05, 0) is 35.9 Å². The predicted octanol–water partition coefficient (Wildman–Crippen LogP) is 2.94. The first kappa shape index (κ1) is 20.0. The maximum atomic E-state index is 12.6. The van der Waals surface area contributed by atoms with Gasteiger partial charge in [-0.1, -0.05) is 18.2 Å². The van der Waals surface area contributed by atoms with Crippen LogP contribution in [0.1, 0.15) is 11.4 Å². The first-order valence-corrected chi connectivity index (χ1v) is 10.0. The van der Waals surface area contributed by atoms with Gasteiger partial charge < -0.3 is 19.4 Å². The van der Waals surface area contributed by atoms with Crippen LogP contribution in [-0.2, 0) is 11.3 Å². The Hall–Kier alpha value is -3.32. The Labute approximate surface area is 175 Å². The monoisotopic (exact) mass is 406 g/mol. The zero-order valence-corrected chi connectivity index (χ0v) is 17.3. The molecule has 7 heteroatoms. The fraction of sp³-hybridized carbons (Fsp3) is 0.304. The second-order valence-electron chi connectivity index (χ2n) is 7.25. The topological polar surface area (TPSA) is 70.7 Å². The van der Waals surface area contributed by atoms with E-state index in [4.69, 9.17) is 9.47 Å². The summed E-state index contributed by atoms with van der Waals surface area (Å²) >= 11 is 0. The zero-order valence-electron chi connectivity index (χ0n) is 17.3. The molecule has 0 spiro atoms. The lowest BCUT2D eigenvalue weighted by Crippen LogP contribution is -2.47. The lowest BCUT2D eigenvalue weighted by Gasteiger charge is -2.33. The highest BCUT2D eigenvalue weighted by molar-refractivity contribution is 5.92. The van der Waals surface area contributed by atoms with E-state index < -0.39 is 0 Å². The lowest BCUT2D eigenvalue weighted by atomic mass is 10.2. The van der Waals surface area contributed by atoms with Crippen molar-refractivity contribution in [1.29, 1.82) is 0 Å². The molecule has 0 atom stereocenters. The van der Waals surface area contributed by atoms with E-state index in [0.717, 1.165) is 42.1 Å². The number of nitrogens with one attached hydrogen (secondary N) is 1. The largest absolute Gasteiger partial charge is 0.493 e. The van der Waals surface area contributed by atoms with E-state index in [9.17, 15) is 4.79 Å². The summed E-state index contributed by atoms with van der Waals surface area (Å²) in [4.78, 5) is 24.8. The number of methoxy groups -OCH3 is 2. The predicted molar refractivity (Wildman–Crippen MR) is 117 cm³/mol. The number of ether oxygens (including phenoxy) is 2. The number of aromatic amines is 1. The third kappa shape index (κ3) is 4.46. The molecule has 1 aromatic heterocycles. The first-order valence-electron chi connectivity index (χ1n) is 10.0. The number of rotatable bonds is 6. The molecule has 156 valence electrons. The Morgan fingerprint density at radius 1 is 1.07 bits per heavy atom. The summed E-state index contributed by atoms with van der Waals surface area (Å²) in [5, 5.41) is 0. The highest BCUT2D eigenvalue weighted by atomic mass is 16.5. The van der Waals surface area contributed by atoms with Crippen LogP contribution < -0.4 is 9.47 Å². The van der Waals surface area contributed by atoms with E-state index in [1.807, 2.05) is 53.4 Å². The van der Waals surface area contributed by atoms with Crippen LogP contribution in [-0.4, -0.2) is 66.1 Å². The molecule has 2 heterocycles. The number of fused-ring (bicyclic) bond motifs is 1. The van der Waals surface area contributed by atoms with Crippen LogP contribution in [0.15, 0.2) is 48.5 Å². The molecule has 0 saturated carbocycles. The molecule has 30 heavy (non-hydrogen) atoms. The Bertz CT molecular complexity index is 1020. The molecular formula is C23H26N4O3. The summed E-state index contributed by atoms with van der Waals surface area (Å²) in [5.74, 6) is 2.30. The number of aromatic nitrogens is 2. The van der Waals surface area contributed by atoms with Gasteiger partial charge in [0.2, 0.25) is 5.91 Å². The van der Waals surface area contributed by atoms with Crippen molar-refractivity contribution in [2.75, 3.05) is 40.4 Å². The molecule has 1 N–H and O–H groups in total. The van der Waals surface area contributed by atoms with Gasteiger partial charge in [0.1, 0.15) is 5.82 Å². The third-order valence-corrected chi connectivity index (χ3v) is 5.32. The minimum Gasteiger partial charge on any atom is -0.493 e. The van der Waals surface area contributed by atoms with Crippen molar-refractivity contribution < 1.29 is 14.3 Å². The van der Waals surface area contributed by atoms with E-state index in [1.165, 1.54) is 0 Å². The SMILES string of the molecule is COc1ccc(/C=C\C(=O)N2CCN(Cc3nc4ccccc4[nH]3)CC2)cc1OC. The molecule has 0 radical (unpaired) electrons. The second-order valence-corrected chi connectivity index (χ2v) is 7.25. The molecule has 2 aromatic carbocycles. The van der Waals surface area contributed by atoms with Crippen molar-refractivity contribution in [2.24, 2.45) is 0 Å². The molecule has 4 rings (SSSR count). The fourth-order valence-corrected chi connectivity index (χ4v) is 3.65. The standard InChI is InChI=1S/C23H26N4O3/c1-29-20-9-7-17(15-21(20)30-2)8-10-23(28)27-13-11-26(12-14-27)16-22-24-18-5-3-4-6-19(18)25-22/h3-10,15H,11-14,16H2,1-2H3,(H,24,25)/b10-8-. The van der Waals surface area contributed by atoms with Crippen molar-refractivity contribution in [3.05, 3.63) is 59.9 Å². The molecule has 1 aliphatic heterocycles. The minimum absolute atomic E-state index is 0.0215. The van der Waals surface area contributed by atoms with Crippen LogP contribution in [0.3, 0.4) is 0 Å². The summed E-state index contributed by atoms with van der Waals surface area (Å²) in [5.41, 5.74) is 2.94. The molecule has 1 amide bonds. The average Bonchev–Trinajstić information content (AvgIpc) is 3.20. The van der Waals surface area contributed by atoms with Gasteiger partial charge in [0.05, 0.1) is 31.8 Å². The van der Waals surface area contributed by atoms with E-state index in [2.05, 4.69) is 14.9 Å². The van der Waals surface area contributed by atoms with Gasteiger partial charge in [-0.2, -0.15) is 0 Å². The van der Waals surface area contributed by atoms with Crippen molar-refractivity contribution >= 4 is 23.0 Å². The highest BCUT2D eigenvalue weighted by Gasteiger charge is 2.20. The zero-order chi connectivity index (χ0) is 20.9. The lowest BCUT2D eigenvalue weighted by molar-refractivity contribution is -0.127. The number of nitrogens with zero attached hydrogens (tertiary/aromatic N) is 3. The summed E-state index contributed by atoms with van der Waals surface area (Å²) in [6.45, 7) is 3.82. The van der Waals surface area contributed by atoms with Crippen molar-refractivity contribution in [1.82, 2.24) is 19.8 Å². The van der Waals surface area contributed by atoms with Gasteiger partial charge in [-0.15, -0.1) is 0 Å². The Morgan fingerprint density at radius 3 is 2.57 bits per heavy atom. The molecule has 1 aliphatic rings. The molecule has 0 unspecified atom stereocenters. The van der Waals surface area contributed by atoms with Crippen LogP contribution in [0, 0.1) is 0 Å². The summed E-state index contributed by atoms with van der Waals surface area (Å²) in [7, 11) is 3.20. The molecule has 3 aromatic rings. The maximum absolute atomic E-state index is 12.6. The number of amides is 1. The van der Waals surface area contributed by atoms with E-state index in [0.29, 0.717) is 24.6 Å². The number of piperazine rings is 1. The Kier molecular flexibility index (Phi) is 5.99. The highest BCUT2D eigenvalue weighted by Crippen LogP contribution is 2.28. The van der Waals surface area contributed by atoms with Crippen molar-refractivity contribution in [3.63, 3.8) is 0 Å². The first-order chi connectivity index (χ1) is 14.7. The van der Waals surface area contributed by atoms with Crippen LogP contribution in [0.5, 0.6) is 11.5 Å². The fourth-order valence-electron chi connectivity index (χ4n) is 3.65. The van der Waals surface area contributed by atoms with Crippen LogP contribution in [0.4, 0.5) is 0 Å². The van der Waals surface area contributed by atoms with Crippen molar-refractivity contribution in [3.8, 4) is 11.5 Å². The normalized spacial score (nSPS) is 15.1. The number of imidazole rings is 1. The van der Waals surface area contributed by atoms with Crippen molar-refractivity contribution in [2.45, 2.75) is 6.54 Å². The van der Waals surface area contributed by atoms with Gasteiger partial charge in [0.15, 0.2) is 11.5 Å². The van der Waals surface area contributed by atoms with Crippen LogP contribution >= 0.6 is 0 Å². The maximum Gasteiger partial charge on any atom is 0.246 e. The Morgan fingerprint density at radius 2 is 1.83 bits per heavy atom. The molecule has 1 saturated heterocycles. The quantitative estimate of drug-likeness (QED) is 0.638. The summed E-state index contributed by atoms with van der Waals surface area (Å²) in [6.07, 6.45) is 3.43. The van der Waals surface area contributed by atoms with Gasteiger partial charge in [0.25, 0.3) is 0 Å². The van der Waals surface area contributed by atoms with E-state index in [1.54, 1.807) is 20.3 Å². The molecule has 0 aliphatic carbocycles. The summed E-state index contributed by atoms with van der Waals surface area (Å²) in [6, 6.07) is 13.6. The van der Waals surface area contributed by atoms with Gasteiger partial charge in [-0.25, -0.2) is 4.98 Å². The number of benzene rings is 2. The molecular weight excluding hydrogens is 380 g/mol. The molecule has 1 fully saturated rings. The number of hydrogen-bond donors (Lipinski definition) is 1. The minimum atomic E-state index is 0.0215. The summed E-state index contributed by atoms with van der Waals surface area (Å²) < 4.78 is 10.6. The third-order valence-electron chi connectivity index (χ3n) is 5.32. The number of carbonyl (C=O) groups excluding carboxylic acids is 1.